The van der Waals surface area contributed by atoms with Crippen LogP contribution in [-0.4, -0.2) is 81.2 Å². The molecule has 170 valence electrons. The molecule has 0 aromatic heterocycles. The van der Waals surface area contributed by atoms with Gasteiger partial charge in [-0.2, -0.15) is 8.42 Å². The van der Waals surface area contributed by atoms with Crippen LogP contribution in [0.4, 0.5) is 0 Å². The van der Waals surface area contributed by atoms with Crippen molar-refractivity contribution in [3.63, 3.8) is 0 Å². The Bertz CT molecular complexity index is 940. The number of nitrogens with zero attached hydrogens (tertiary/aromatic N) is 4. The van der Waals surface area contributed by atoms with Crippen LogP contribution in [0.5, 0.6) is 0 Å². The molecule has 31 heavy (non-hydrogen) atoms. The molecule has 1 saturated heterocycles. The first kappa shape index (κ1) is 22.3. The van der Waals surface area contributed by atoms with Crippen molar-refractivity contribution >= 4 is 21.8 Å². The van der Waals surface area contributed by atoms with Gasteiger partial charge in [0, 0.05) is 44.8 Å². The molecular formula is C23H34N4O3S. The molecule has 0 bridgehead atoms. The first-order valence-corrected chi connectivity index (χ1v) is 13.0. The van der Waals surface area contributed by atoms with Crippen LogP contribution in [0.15, 0.2) is 33.6 Å². The van der Waals surface area contributed by atoms with Gasteiger partial charge in [-0.3, -0.25) is 4.79 Å². The number of fused-ring (bicyclic) bond motifs is 1. The third-order valence-corrected chi connectivity index (χ3v) is 8.37. The molecule has 1 saturated carbocycles. The SMILES string of the molecule is CN(CCN(C)C1CCCCC1)C(=O)C1CCCN(C2=NS(=O)(=O)c3ccccc32)C1. The zero-order chi connectivity index (χ0) is 22.0. The highest BCUT2D eigenvalue weighted by molar-refractivity contribution is 7.90. The second-order valence-electron chi connectivity index (χ2n) is 9.20. The van der Waals surface area contributed by atoms with Gasteiger partial charge in [0.15, 0.2) is 5.84 Å². The van der Waals surface area contributed by atoms with Crippen molar-refractivity contribution in [2.75, 3.05) is 40.3 Å². The highest BCUT2D eigenvalue weighted by Crippen LogP contribution is 2.30. The van der Waals surface area contributed by atoms with Gasteiger partial charge in [0.2, 0.25) is 5.91 Å². The van der Waals surface area contributed by atoms with Crippen LogP contribution < -0.4 is 0 Å². The molecule has 1 unspecified atom stereocenters. The van der Waals surface area contributed by atoms with Crippen molar-refractivity contribution in [1.29, 1.82) is 0 Å². The first-order valence-electron chi connectivity index (χ1n) is 11.5. The fourth-order valence-corrected chi connectivity index (χ4v) is 6.35. The third-order valence-electron chi connectivity index (χ3n) is 7.05. The number of rotatable bonds is 5. The van der Waals surface area contributed by atoms with Gasteiger partial charge < -0.3 is 14.7 Å². The lowest BCUT2D eigenvalue weighted by atomic mass is 9.94. The summed E-state index contributed by atoms with van der Waals surface area (Å²) in [6, 6.07) is 7.60. The van der Waals surface area contributed by atoms with Crippen molar-refractivity contribution < 1.29 is 13.2 Å². The van der Waals surface area contributed by atoms with Gasteiger partial charge in [-0.15, -0.1) is 4.40 Å². The minimum Gasteiger partial charge on any atom is -0.355 e. The van der Waals surface area contributed by atoms with Gasteiger partial charge in [0.05, 0.1) is 5.92 Å². The van der Waals surface area contributed by atoms with Crippen LogP contribution in [0.2, 0.25) is 0 Å². The van der Waals surface area contributed by atoms with Gasteiger partial charge in [-0.25, -0.2) is 0 Å². The minimum atomic E-state index is -3.64. The van der Waals surface area contributed by atoms with Crippen LogP contribution in [-0.2, 0) is 14.8 Å². The number of amides is 1. The molecular weight excluding hydrogens is 412 g/mol. The summed E-state index contributed by atoms with van der Waals surface area (Å²) in [5.74, 6) is 0.515. The summed E-state index contributed by atoms with van der Waals surface area (Å²) in [6.07, 6.45) is 8.18. The summed E-state index contributed by atoms with van der Waals surface area (Å²) in [5.41, 5.74) is 0.651. The zero-order valence-electron chi connectivity index (χ0n) is 18.7. The molecule has 4 rings (SSSR count). The molecule has 0 N–H and O–H groups in total. The molecule has 1 amide bonds. The smallest absolute Gasteiger partial charge is 0.285 e. The van der Waals surface area contributed by atoms with E-state index in [0.29, 0.717) is 24.0 Å². The molecule has 1 atom stereocenters. The van der Waals surface area contributed by atoms with Crippen molar-refractivity contribution in [3.8, 4) is 0 Å². The second kappa shape index (κ2) is 9.28. The maximum Gasteiger partial charge on any atom is 0.285 e. The lowest BCUT2D eigenvalue weighted by molar-refractivity contribution is -0.135. The Morgan fingerprint density at radius 1 is 1.06 bits per heavy atom. The Kier molecular flexibility index (Phi) is 6.67. The Morgan fingerprint density at radius 3 is 2.58 bits per heavy atom. The fourth-order valence-electron chi connectivity index (χ4n) is 5.12. The van der Waals surface area contributed by atoms with E-state index < -0.39 is 10.0 Å². The van der Waals surface area contributed by atoms with Crippen LogP contribution in [0.3, 0.4) is 0 Å². The maximum absolute atomic E-state index is 13.1. The van der Waals surface area contributed by atoms with E-state index >= 15 is 0 Å². The quantitative estimate of drug-likeness (QED) is 0.695. The summed E-state index contributed by atoms with van der Waals surface area (Å²) >= 11 is 0. The Labute approximate surface area is 186 Å². The summed E-state index contributed by atoms with van der Waals surface area (Å²) in [5, 5.41) is 0. The Morgan fingerprint density at radius 2 is 1.81 bits per heavy atom. The van der Waals surface area contributed by atoms with Gasteiger partial charge >= 0.3 is 0 Å². The van der Waals surface area contributed by atoms with Crippen LogP contribution in [0, 0.1) is 5.92 Å². The number of likely N-dealkylation sites (N-methyl/N-ethyl adjacent to an activating group) is 2. The fraction of sp³-hybridized carbons (Fsp3) is 0.652. The molecule has 1 aromatic rings. The molecule has 0 spiro atoms. The highest BCUT2D eigenvalue weighted by atomic mass is 32.2. The second-order valence-corrected chi connectivity index (χ2v) is 10.8. The standard InChI is InChI=1S/C23H34N4O3S/c1-25(19-10-4-3-5-11-19)15-16-26(2)23(28)18-9-8-14-27(17-18)22-20-12-6-7-13-21(20)31(29,30)24-22/h6-7,12-13,18-19H,3-5,8-11,14-17H2,1-2H3. The largest absolute Gasteiger partial charge is 0.355 e. The molecule has 2 aliphatic heterocycles. The van der Waals surface area contributed by atoms with Gasteiger partial charge in [0.1, 0.15) is 4.90 Å². The highest BCUT2D eigenvalue weighted by Gasteiger charge is 2.35. The van der Waals surface area contributed by atoms with Gasteiger partial charge in [-0.1, -0.05) is 31.4 Å². The van der Waals surface area contributed by atoms with Crippen molar-refractivity contribution in [2.24, 2.45) is 10.3 Å². The lowest BCUT2D eigenvalue weighted by Crippen LogP contribution is -2.47. The van der Waals surface area contributed by atoms with Gasteiger partial charge in [0.25, 0.3) is 10.0 Å². The predicted octanol–water partition coefficient (Wildman–Crippen LogP) is 2.57. The number of hydrogen-bond acceptors (Lipinski definition) is 5. The topological polar surface area (TPSA) is 73.3 Å². The van der Waals surface area contributed by atoms with E-state index in [1.54, 1.807) is 18.2 Å². The van der Waals surface area contributed by atoms with Crippen molar-refractivity contribution in [3.05, 3.63) is 29.8 Å². The minimum absolute atomic E-state index is 0.128. The van der Waals surface area contributed by atoms with Crippen molar-refractivity contribution in [2.45, 2.75) is 55.9 Å². The van der Waals surface area contributed by atoms with Crippen LogP contribution in [0.1, 0.15) is 50.5 Å². The normalized spacial score (nSPS) is 23.5. The molecule has 2 fully saturated rings. The summed E-state index contributed by atoms with van der Waals surface area (Å²) in [7, 11) is 0.423. The number of likely N-dealkylation sites (tertiary alicyclic amines) is 1. The van der Waals surface area contributed by atoms with E-state index in [9.17, 15) is 13.2 Å². The van der Waals surface area contributed by atoms with Crippen LogP contribution in [0.25, 0.3) is 0 Å². The van der Waals surface area contributed by atoms with E-state index in [1.165, 1.54) is 32.1 Å². The first-order chi connectivity index (χ1) is 14.9. The summed E-state index contributed by atoms with van der Waals surface area (Å²) in [6.45, 7) is 2.85. The molecule has 1 aliphatic carbocycles. The molecule has 3 aliphatic rings. The number of hydrogen-bond donors (Lipinski definition) is 0. The molecule has 1 aromatic carbocycles. The number of carbonyl (C=O) groups excluding carboxylic acids is 1. The summed E-state index contributed by atoms with van der Waals surface area (Å²) in [4.78, 5) is 19.7. The monoisotopic (exact) mass is 446 g/mol. The van der Waals surface area contributed by atoms with E-state index in [2.05, 4.69) is 16.3 Å². The number of piperidine rings is 1. The lowest BCUT2D eigenvalue weighted by Gasteiger charge is -2.36. The van der Waals surface area contributed by atoms with E-state index in [-0.39, 0.29) is 16.7 Å². The van der Waals surface area contributed by atoms with E-state index in [1.807, 2.05) is 22.9 Å². The molecule has 2 heterocycles. The average molecular weight is 447 g/mol. The Balaban J connectivity index is 1.37. The number of amidine groups is 1. The maximum atomic E-state index is 13.1. The average Bonchev–Trinajstić information content (AvgIpc) is 3.08. The van der Waals surface area contributed by atoms with Crippen molar-refractivity contribution in [1.82, 2.24) is 14.7 Å². The number of carbonyl (C=O) groups is 1. The third kappa shape index (κ3) is 4.80. The molecule has 8 heteroatoms. The zero-order valence-corrected chi connectivity index (χ0v) is 19.5. The number of benzene rings is 1. The Hall–Kier alpha value is -1.93. The molecule has 0 radical (unpaired) electrons. The predicted molar refractivity (Wildman–Crippen MR) is 122 cm³/mol. The van der Waals surface area contributed by atoms with E-state index in [0.717, 1.165) is 32.5 Å². The van der Waals surface area contributed by atoms with Crippen LogP contribution >= 0.6 is 0 Å². The van der Waals surface area contributed by atoms with E-state index in [4.69, 9.17) is 0 Å². The number of sulfonamides is 1. The van der Waals surface area contributed by atoms with Gasteiger partial charge in [-0.05, 0) is 44.9 Å². The molecule has 7 nitrogen and oxygen atoms in total. The summed E-state index contributed by atoms with van der Waals surface area (Å²) < 4.78 is 28.9.